The molecule has 0 fully saturated rings. The van der Waals surface area contributed by atoms with Crippen LogP contribution in [-0.4, -0.2) is 40.8 Å². The van der Waals surface area contributed by atoms with Gasteiger partial charge in [0.2, 0.25) is 0 Å². The molecule has 4 rings (SSSR count). The number of nitrogens with zero attached hydrogens (tertiary/aromatic N) is 2. The summed E-state index contributed by atoms with van der Waals surface area (Å²) in [6.07, 6.45) is 0. The first-order valence-corrected chi connectivity index (χ1v) is 11.2. The number of ether oxygens (including phenoxy) is 1. The average Bonchev–Trinajstić information content (AvgIpc) is 3.16. The van der Waals surface area contributed by atoms with Crippen LogP contribution in [0.15, 0.2) is 71.7 Å². The zero-order valence-corrected chi connectivity index (χ0v) is 20.1. The molecule has 0 amide bonds. The third kappa shape index (κ3) is 5.30. The molecule has 3 aromatic carbocycles. The summed E-state index contributed by atoms with van der Waals surface area (Å²) in [5, 5.41) is 12.0. The van der Waals surface area contributed by atoms with Crippen molar-refractivity contribution in [3.63, 3.8) is 0 Å². The van der Waals surface area contributed by atoms with Crippen molar-refractivity contribution in [1.29, 1.82) is 0 Å². The van der Waals surface area contributed by atoms with E-state index >= 15 is 0 Å². The second-order valence-electron chi connectivity index (χ2n) is 8.26. The van der Waals surface area contributed by atoms with Gasteiger partial charge in [-0.1, -0.05) is 41.9 Å². The number of aromatic hydroxyl groups is 1. The topological polar surface area (TPSA) is 77.9 Å². The lowest BCUT2D eigenvalue weighted by Crippen LogP contribution is -2.17. The Kier molecular flexibility index (Phi) is 7.01. The number of hydrogen-bond donors (Lipinski definition) is 2. The van der Waals surface area contributed by atoms with Crippen molar-refractivity contribution in [2.75, 3.05) is 14.2 Å². The highest BCUT2D eigenvalue weighted by atomic mass is 35.5. The Morgan fingerprint density at radius 2 is 1.65 bits per heavy atom. The molecule has 0 bridgehead atoms. The summed E-state index contributed by atoms with van der Waals surface area (Å²) in [5.74, 6) is -0.416. The van der Waals surface area contributed by atoms with Crippen LogP contribution in [0, 0.1) is 0 Å². The molecule has 6 nitrogen and oxygen atoms in total. The Bertz CT molecular complexity index is 1340. The third-order valence-electron chi connectivity index (χ3n) is 5.61. The number of nitrogens with one attached hydrogen (secondary N) is 1. The molecule has 174 valence electrons. The number of H-pyrrole nitrogens is 1. The second kappa shape index (κ2) is 10.1. The summed E-state index contributed by atoms with van der Waals surface area (Å²) in [6, 6.07) is 21.1. The summed E-state index contributed by atoms with van der Waals surface area (Å²) in [6.45, 7) is 3.48. The summed E-state index contributed by atoms with van der Waals surface area (Å²) in [7, 11) is 3.42. The van der Waals surface area contributed by atoms with Gasteiger partial charge in [-0.25, -0.2) is 4.79 Å². The fourth-order valence-corrected chi connectivity index (χ4v) is 4.11. The van der Waals surface area contributed by atoms with E-state index in [2.05, 4.69) is 29.1 Å². The molecule has 2 N–H and O–H groups in total. The van der Waals surface area contributed by atoms with Crippen molar-refractivity contribution in [3.05, 3.63) is 94.0 Å². The van der Waals surface area contributed by atoms with Crippen LogP contribution < -0.4 is 0 Å². The van der Waals surface area contributed by atoms with Gasteiger partial charge in [0.05, 0.1) is 29.6 Å². The van der Waals surface area contributed by atoms with Crippen molar-refractivity contribution >= 4 is 39.9 Å². The van der Waals surface area contributed by atoms with Crippen molar-refractivity contribution in [2.24, 2.45) is 4.99 Å². The quantitative estimate of drug-likeness (QED) is 0.250. The molecule has 0 saturated heterocycles. The molecule has 0 aliphatic heterocycles. The number of carbonyl (C=O) groups is 1. The number of benzene rings is 3. The maximum atomic E-state index is 11.8. The fraction of sp³-hybridized carbons (Fsp3) is 0.185. The molecule has 1 aromatic heterocycles. The van der Waals surface area contributed by atoms with Gasteiger partial charge in [-0.2, -0.15) is 0 Å². The number of methoxy groups -OCH3 is 1. The average molecular weight is 476 g/mol. The van der Waals surface area contributed by atoms with Crippen LogP contribution in [0.4, 0.5) is 5.69 Å². The first-order chi connectivity index (χ1) is 16.3. The van der Waals surface area contributed by atoms with Crippen molar-refractivity contribution in [1.82, 2.24) is 9.88 Å². The maximum absolute atomic E-state index is 11.8. The molecule has 1 heterocycles. The molecule has 0 saturated carbocycles. The highest BCUT2D eigenvalue weighted by Gasteiger charge is 2.16. The van der Waals surface area contributed by atoms with E-state index in [1.807, 2.05) is 43.3 Å². The van der Waals surface area contributed by atoms with E-state index in [4.69, 9.17) is 21.3 Å². The first-order valence-electron chi connectivity index (χ1n) is 10.8. The molecule has 4 aromatic rings. The Morgan fingerprint density at radius 3 is 2.26 bits per heavy atom. The van der Waals surface area contributed by atoms with E-state index in [0.717, 1.165) is 29.2 Å². The van der Waals surface area contributed by atoms with Gasteiger partial charge in [0.15, 0.2) is 5.88 Å². The number of hydrogen-bond acceptors (Lipinski definition) is 5. The SMILES string of the molecule is COC(=O)c1ccc2c(C(C)=Nc3ccc(CN(C)Cc4ccc(Cl)cc4)cc3)c(O)[nH]c2c1. The van der Waals surface area contributed by atoms with Gasteiger partial charge >= 0.3 is 5.97 Å². The van der Waals surface area contributed by atoms with Gasteiger partial charge in [-0.15, -0.1) is 0 Å². The van der Waals surface area contributed by atoms with Crippen molar-refractivity contribution in [3.8, 4) is 5.88 Å². The van der Waals surface area contributed by atoms with Crippen LogP contribution in [0.1, 0.15) is 34.0 Å². The predicted octanol–water partition coefficient (Wildman–Crippen LogP) is 6.09. The van der Waals surface area contributed by atoms with Gasteiger partial charge in [-0.05, 0) is 61.5 Å². The first kappa shape index (κ1) is 23.5. The highest BCUT2D eigenvalue weighted by Crippen LogP contribution is 2.30. The molecule has 7 heteroatoms. The fourth-order valence-electron chi connectivity index (χ4n) is 3.99. The molecule has 0 aliphatic carbocycles. The number of carbonyl (C=O) groups excluding carboxylic acids is 1. The van der Waals surface area contributed by atoms with Gasteiger partial charge in [0.25, 0.3) is 0 Å². The van der Waals surface area contributed by atoms with Crippen LogP contribution in [0.3, 0.4) is 0 Å². The highest BCUT2D eigenvalue weighted by molar-refractivity contribution is 6.30. The van der Waals surface area contributed by atoms with Crippen molar-refractivity contribution < 1.29 is 14.6 Å². The van der Waals surface area contributed by atoms with E-state index in [-0.39, 0.29) is 5.88 Å². The maximum Gasteiger partial charge on any atom is 0.337 e. The minimum atomic E-state index is -0.429. The van der Waals surface area contributed by atoms with Crippen LogP contribution in [-0.2, 0) is 17.8 Å². The lowest BCUT2D eigenvalue weighted by Gasteiger charge is -2.17. The molecule has 0 atom stereocenters. The summed E-state index contributed by atoms with van der Waals surface area (Å²) in [5.41, 5.74) is 5.51. The number of fused-ring (bicyclic) bond motifs is 1. The predicted molar refractivity (Wildman–Crippen MR) is 136 cm³/mol. The van der Waals surface area contributed by atoms with E-state index in [9.17, 15) is 9.90 Å². The van der Waals surface area contributed by atoms with Crippen molar-refractivity contribution in [2.45, 2.75) is 20.0 Å². The normalized spacial score (nSPS) is 11.9. The standard InChI is InChI=1S/C27H26ClN3O3/c1-17(25-23-13-8-20(27(33)34-3)14-24(23)30-26(25)32)29-22-11-6-19(7-12-22)16-31(2)15-18-4-9-21(28)10-5-18/h4-14,30,32H,15-16H2,1-3H3. The molecule has 34 heavy (non-hydrogen) atoms. The van der Waals surface area contributed by atoms with Crippen LogP contribution in [0.25, 0.3) is 10.9 Å². The number of esters is 1. The van der Waals surface area contributed by atoms with Crippen LogP contribution in [0.5, 0.6) is 5.88 Å². The van der Waals surface area contributed by atoms with Gasteiger partial charge in [0.1, 0.15) is 0 Å². The molecule has 0 unspecified atom stereocenters. The van der Waals surface area contributed by atoms with E-state index in [0.29, 0.717) is 22.4 Å². The summed E-state index contributed by atoms with van der Waals surface area (Å²) < 4.78 is 4.77. The Labute approximate surface area is 203 Å². The number of rotatable bonds is 7. The van der Waals surface area contributed by atoms with E-state index < -0.39 is 5.97 Å². The number of aromatic amines is 1. The number of aromatic nitrogens is 1. The minimum absolute atomic E-state index is 0.0127. The van der Waals surface area contributed by atoms with Gasteiger partial charge in [0, 0.05) is 29.0 Å². The third-order valence-corrected chi connectivity index (χ3v) is 5.87. The van der Waals surface area contributed by atoms with Crippen LogP contribution in [0.2, 0.25) is 5.02 Å². The molecule has 0 spiro atoms. The lowest BCUT2D eigenvalue weighted by molar-refractivity contribution is 0.0601. The monoisotopic (exact) mass is 475 g/mol. The molecule has 0 aliphatic rings. The zero-order chi connectivity index (χ0) is 24.2. The molecule has 0 radical (unpaired) electrons. The second-order valence-corrected chi connectivity index (χ2v) is 8.70. The zero-order valence-electron chi connectivity index (χ0n) is 19.3. The largest absolute Gasteiger partial charge is 0.494 e. The lowest BCUT2D eigenvalue weighted by atomic mass is 10.1. The Hall–Kier alpha value is -3.61. The van der Waals surface area contributed by atoms with E-state index in [1.54, 1.807) is 18.2 Å². The number of halogens is 1. The number of aliphatic imine (C=N–C) groups is 1. The van der Waals surface area contributed by atoms with Gasteiger partial charge in [-0.3, -0.25) is 9.89 Å². The Morgan fingerprint density at radius 1 is 1.03 bits per heavy atom. The van der Waals surface area contributed by atoms with Crippen LogP contribution >= 0.6 is 11.6 Å². The summed E-state index contributed by atoms with van der Waals surface area (Å²) >= 11 is 5.96. The molecular formula is C27H26ClN3O3. The Balaban J connectivity index is 1.48. The van der Waals surface area contributed by atoms with Gasteiger partial charge < -0.3 is 14.8 Å². The van der Waals surface area contributed by atoms with E-state index in [1.165, 1.54) is 18.2 Å². The summed E-state index contributed by atoms with van der Waals surface area (Å²) in [4.78, 5) is 21.6. The molecular weight excluding hydrogens is 450 g/mol. The minimum Gasteiger partial charge on any atom is -0.494 e. The smallest absolute Gasteiger partial charge is 0.337 e.